The highest BCUT2D eigenvalue weighted by atomic mass is 79.9. The van der Waals surface area contributed by atoms with Crippen LogP contribution in [0, 0.1) is 5.92 Å². The summed E-state index contributed by atoms with van der Waals surface area (Å²) in [6.07, 6.45) is 2.88. The zero-order chi connectivity index (χ0) is 9.97. The molecule has 1 aliphatic carbocycles. The maximum absolute atomic E-state index is 5.78. The highest BCUT2D eigenvalue weighted by Crippen LogP contribution is 2.45. The number of hydrogen-bond donors (Lipinski definition) is 1. The molecule has 1 atom stereocenters. The van der Waals surface area contributed by atoms with E-state index in [4.69, 9.17) is 10.5 Å². The zero-order valence-electron chi connectivity index (χ0n) is 7.91. The molecule has 1 aliphatic rings. The lowest BCUT2D eigenvalue weighted by atomic mass is 10.2. The Morgan fingerprint density at radius 1 is 1.64 bits per heavy atom. The molecule has 14 heavy (non-hydrogen) atoms. The normalized spacial score (nSPS) is 18.4. The van der Waals surface area contributed by atoms with Gasteiger partial charge in [-0.1, -0.05) is 0 Å². The van der Waals surface area contributed by atoms with Crippen LogP contribution in [0.4, 0.5) is 0 Å². The second-order valence-electron chi connectivity index (χ2n) is 3.58. The fourth-order valence-corrected chi connectivity index (χ4v) is 3.11. The fraction of sp³-hybridized carbons (Fsp3) is 0.600. The molecule has 0 bridgehead atoms. The third-order valence-corrected chi connectivity index (χ3v) is 4.09. The van der Waals surface area contributed by atoms with Crippen molar-refractivity contribution in [1.29, 1.82) is 0 Å². The minimum atomic E-state index is 0.287. The van der Waals surface area contributed by atoms with Crippen molar-refractivity contribution in [2.45, 2.75) is 18.9 Å². The van der Waals surface area contributed by atoms with E-state index in [1.54, 1.807) is 11.3 Å². The van der Waals surface area contributed by atoms with Crippen molar-refractivity contribution in [2.75, 3.05) is 13.2 Å². The van der Waals surface area contributed by atoms with E-state index >= 15 is 0 Å². The van der Waals surface area contributed by atoms with Crippen molar-refractivity contribution in [3.05, 3.63) is 20.8 Å². The van der Waals surface area contributed by atoms with Gasteiger partial charge in [0.2, 0.25) is 0 Å². The van der Waals surface area contributed by atoms with E-state index in [9.17, 15) is 0 Å². The van der Waals surface area contributed by atoms with Gasteiger partial charge in [-0.25, -0.2) is 0 Å². The van der Waals surface area contributed by atoms with Crippen LogP contribution in [-0.4, -0.2) is 13.2 Å². The Bertz CT molecular complexity index is 298. The van der Waals surface area contributed by atoms with Gasteiger partial charge >= 0.3 is 0 Å². The zero-order valence-corrected chi connectivity index (χ0v) is 10.3. The van der Waals surface area contributed by atoms with Gasteiger partial charge in [0, 0.05) is 21.3 Å². The van der Waals surface area contributed by atoms with Gasteiger partial charge in [0.1, 0.15) is 0 Å². The molecule has 1 aromatic rings. The first-order valence-corrected chi connectivity index (χ1v) is 6.54. The molecule has 0 saturated heterocycles. The second-order valence-corrected chi connectivity index (χ2v) is 5.44. The minimum Gasteiger partial charge on any atom is -0.371 e. The minimum absolute atomic E-state index is 0.287. The van der Waals surface area contributed by atoms with Crippen LogP contribution in [0.1, 0.15) is 23.8 Å². The van der Waals surface area contributed by atoms with Crippen LogP contribution in [0.25, 0.3) is 0 Å². The summed E-state index contributed by atoms with van der Waals surface area (Å²) in [6.45, 7) is 1.27. The lowest BCUT2D eigenvalue weighted by Gasteiger charge is -2.14. The first-order valence-electron chi connectivity index (χ1n) is 4.87. The molecule has 78 valence electrons. The molecule has 2 nitrogen and oxygen atoms in total. The number of thiophene rings is 1. The van der Waals surface area contributed by atoms with Crippen LogP contribution in [0.2, 0.25) is 0 Å². The van der Waals surface area contributed by atoms with Crippen molar-refractivity contribution in [2.24, 2.45) is 11.7 Å². The van der Waals surface area contributed by atoms with Gasteiger partial charge in [-0.15, -0.1) is 11.3 Å². The van der Waals surface area contributed by atoms with E-state index in [-0.39, 0.29) is 6.10 Å². The van der Waals surface area contributed by atoms with Gasteiger partial charge < -0.3 is 10.5 Å². The molecular weight excluding hydrogens is 262 g/mol. The predicted molar refractivity (Wildman–Crippen MR) is 62.5 cm³/mol. The molecule has 1 fully saturated rings. The summed E-state index contributed by atoms with van der Waals surface area (Å²) < 4.78 is 6.93. The quantitative estimate of drug-likeness (QED) is 0.897. The third-order valence-electron chi connectivity index (χ3n) is 2.33. The third kappa shape index (κ3) is 2.57. The van der Waals surface area contributed by atoms with Gasteiger partial charge in [0.05, 0.1) is 12.7 Å². The Hall–Kier alpha value is 0.1000. The Labute approximate surface area is 96.6 Å². The molecule has 0 aromatic carbocycles. The summed E-state index contributed by atoms with van der Waals surface area (Å²) in [5.74, 6) is 0.729. The molecule has 2 N–H and O–H groups in total. The van der Waals surface area contributed by atoms with Crippen LogP contribution in [0.3, 0.4) is 0 Å². The molecule has 0 amide bonds. The summed E-state index contributed by atoms with van der Waals surface area (Å²) in [6, 6.07) is 2.16. The van der Waals surface area contributed by atoms with Crippen molar-refractivity contribution >= 4 is 27.3 Å². The smallest absolute Gasteiger partial charge is 0.0945 e. The number of nitrogens with two attached hydrogens (primary N) is 1. The maximum Gasteiger partial charge on any atom is 0.0945 e. The highest BCUT2D eigenvalue weighted by Gasteiger charge is 2.33. The number of rotatable bonds is 5. The predicted octanol–water partition coefficient (Wildman–Crippen LogP) is 2.94. The van der Waals surface area contributed by atoms with Gasteiger partial charge in [-0.2, -0.15) is 0 Å². The van der Waals surface area contributed by atoms with E-state index in [2.05, 4.69) is 27.4 Å². The van der Waals surface area contributed by atoms with Crippen LogP contribution >= 0.6 is 27.3 Å². The van der Waals surface area contributed by atoms with Crippen molar-refractivity contribution in [1.82, 2.24) is 0 Å². The number of halogens is 1. The number of ether oxygens (including phenoxy) is 1. The standard InChI is InChI=1S/C10H14BrNOS/c11-8-5-9(14-6-8)10(7-1-2-7)13-4-3-12/h5-7,10H,1-4,12H2. The fourth-order valence-electron chi connectivity index (χ4n) is 1.52. The first kappa shape index (κ1) is 10.6. The lowest BCUT2D eigenvalue weighted by molar-refractivity contribution is 0.0449. The molecule has 2 rings (SSSR count). The Kier molecular flexibility index (Phi) is 3.60. The maximum atomic E-state index is 5.78. The van der Waals surface area contributed by atoms with Gasteiger partial charge in [-0.3, -0.25) is 0 Å². The van der Waals surface area contributed by atoms with Crippen LogP contribution in [-0.2, 0) is 4.74 Å². The summed E-state index contributed by atoms with van der Waals surface area (Å²) in [7, 11) is 0. The Balaban J connectivity index is 2.02. The Morgan fingerprint density at radius 3 is 2.93 bits per heavy atom. The first-order chi connectivity index (χ1) is 6.81. The molecule has 0 radical (unpaired) electrons. The van der Waals surface area contributed by atoms with E-state index in [1.807, 2.05) is 0 Å². The van der Waals surface area contributed by atoms with E-state index in [0.717, 1.165) is 10.4 Å². The van der Waals surface area contributed by atoms with Gasteiger partial charge in [0.15, 0.2) is 0 Å². The Morgan fingerprint density at radius 2 is 2.43 bits per heavy atom. The molecule has 0 aliphatic heterocycles. The molecule has 4 heteroatoms. The van der Waals surface area contributed by atoms with Gasteiger partial charge in [0.25, 0.3) is 0 Å². The molecule has 1 aromatic heterocycles. The van der Waals surface area contributed by atoms with Crippen molar-refractivity contribution in [3.8, 4) is 0 Å². The van der Waals surface area contributed by atoms with Crippen molar-refractivity contribution in [3.63, 3.8) is 0 Å². The molecule has 1 saturated carbocycles. The average Bonchev–Trinajstić information content (AvgIpc) is 2.91. The summed E-state index contributed by atoms with van der Waals surface area (Å²) in [5.41, 5.74) is 5.45. The lowest BCUT2D eigenvalue weighted by Crippen LogP contribution is -2.13. The van der Waals surface area contributed by atoms with Crippen LogP contribution < -0.4 is 5.73 Å². The van der Waals surface area contributed by atoms with Crippen molar-refractivity contribution < 1.29 is 4.74 Å². The van der Waals surface area contributed by atoms with E-state index in [1.165, 1.54) is 17.7 Å². The number of hydrogen-bond acceptors (Lipinski definition) is 3. The van der Waals surface area contributed by atoms with E-state index in [0.29, 0.717) is 13.2 Å². The second kappa shape index (κ2) is 4.75. The average molecular weight is 276 g/mol. The largest absolute Gasteiger partial charge is 0.371 e. The van der Waals surface area contributed by atoms with Crippen LogP contribution in [0.5, 0.6) is 0 Å². The molecule has 1 heterocycles. The monoisotopic (exact) mass is 275 g/mol. The summed E-state index contributed by atoms with van der Waals surface area (Å²) in [4.78, 5) is 1.33. The summed E-state index contributed by atoms with van der Waals surface area (Å²) in [5, 5.41) is 2.11. The summed E-state index contributed by atoms with van der Waals surface area (Å²) >= 11 is 5.23. The highest BCUT2D eigenvalue weighted by molar-refractivity contribution is 9.10. The molecular formula is C10H14BrNOS. The molecule has 0 spiro atoms. The topological polar surface area (TPSA) is 35.2 Å². The SMILES string of the molecule is NCCOC(c1cc(Br)cs1)C1CC1. The molecule has 1 unspecified atom stereocenters. The van der Waals surface area contributed by atoms with E-state index < -0.39 is 0 Å². The van der Waals surface area contributed by atoms with Gasteiger partial charge in [-0.05, 0) is 40.8 Å². The van der Waals surface area contributed by atoms with Crippen LogP contribution in [0.15, 0.2) is 15.9 Å².